The monoisotopic (exact) mass is 330 g/mol. The molecule has 0 aromatic heterocycles. The van der Waals surface area contributed by atoms with Crippen LogP contribution in [0.4, 0.5) is 4.39 Å². The van der Waals surface area contributed by atoms with Crippen molar-refractivity contribution in [3.05, 3.63) is 29.6 Å². The smallest absolute Gasteiger partial charge is 0.165 e. The second kappa shape index (κ2) is 9.96. The lowest BCUT2D eigenvalue weighted by atomic mass is 10.1. The third kappa shape index (κ3) is 6.71. The number of alkyl halides is 1. The number of ether oxygens (including phenoxy) is 1. The Morgan fingerprint density at radius 1 is 1.11 bits per heavy atom. The van der Waals surface area contributed by atoms with Gasteiger partial charge in [0.25, 0.3) is 0 Å². The van der Waals surface area contributed by atoms with Crippen LogP contribution in [-0.4, -0.2) is 18.2 Å². The van der Waals surface area contributed by atoms with Crippen molar-refractivity contribution < 1.29 is 13.9 Å². The molecule has 1 aromatic carbocycles. The Morgan fingerprint density at radius 3 is 2.42 bits per heavy atom. The van der Waals surface area contributed by atoms with Gasteiger partial charge in [-0.2, -0.15) is 0 Å². The van der Waals surface area contributed by atoms with Crippen LogP contribution in [0.2, 0.25) is 0 Å². The maximum atomic E-state index is 13.5. The molecule has 1 aromatic rings. The molecule has 0 radical (unpaired) electrons. The summed E-state index contributed by atoms with van der Waals surface area (Å²) in [6, 6.07) is 4.27. The maximum absolute atomic E-state index is 13.5. The third-order valence-electron chi connectivity index (χ3n) is 2.88. The number of carbonyl (C=O) groups is 1. The fourth-order valence-corrected chi connectivity index (χ4v) is 2.19. The number of unbranched alkanes of at least 4 members (excludes halogenated alkanes) is 5. The molecule has 0 spiro atoms. The van der Waals surface area contributed by atoms with Crippen LogP contribution in [0.25, 0.3) is 0 Å². The minimum Gasteiger partial charge on any atom is -0.491 e. The van der Waals surface area contributed by atoms with Gasteiger partial charge in [-0.25, -0.2) is 4.39 Å². The first kappa shape index (κ1) is 16.2. The van der Waals surface area contributed by atoms with E-state index >= 15 is 0 Å². The molecule has 0 fully saturated rings. The fraction of sp³-hybridized carbons (Fsp3) is 0.533. The lowest BCUT2D eigenvalue weighted by Gasteiger charge is -2.07. The summed E-state index contributed by atoms with van der Waals surface area (Å²) in [6.45, 7) is 0.524. The molecule has 0 aliphatic rings. The van der Waals surface area contributed by atoms with Crippen molar-refractivity contribution in [3.8, 4) is 5.75 Å². The Morgan fingerprint density at radius 2 is 1.79 bits per heavy atom. The van der Waals surface area contributed by atoms with Crippen LogP contribution in [-0.2, 0) is 0 Å². The van der Waals surface area contributed by atoms with E-state index in [4.69, 9.17) is 4.74 Å². The van der Waals surface area contributed by atoms with E-state index < -0.39 is 5.82 Å². The van der Waals surface area contributed by atoms with E-state index in [0.717, 1.165) is 18.2 Å². The van der Waals surface area contributed by atoms with Crippen molar-refractivity contribution in [3.63, 3.8) is 0 Å². The lowest BCUT2D eigenvalue weighted by molar-refractivity contribution is 0.112. The molecule has 0 atom stereocenters. The molecule has 0 aliphatic carbocycles. The Labute approximate surface area is 122 Å². The minimum absolute atomic E-state index is 0.227. The van der Waals surface area contributed by atoms with Crippen LogP contribution >= 0.6 is 15.9 Å². The molecule has 0 saturated heterocycles. The zero-order valence-electron chi connectivity index (χ0n) is 11.0. The van der Waals surface area contributed by atoms with Gasteiger partial charge in [-0.05, 0) is 31.0 Å². The average Bonchev–Trinajstić information content (AvgIpc) is 2.43. The van der Waals surface area contributed by atoms with Gasteiger partial charge in [0.05, 0.1) is 6.61 Å². The third-order valence-corrected chi connectivity index (χ3v) is 3.44. The quantitative estimate of drug-likeness (QED) is 0.351. The molecule has 0 bridgehead atoms. The predicted molar refractivity (Wildman–Crippen MR) is 78.8 cm³/mol. The molecular weight excluding hydrogens is 311 g/mol. The van der Waals surface area contributed by atoms with E-state index in [1.54, 1.807) is 6.07 Å². The Balaban J connectivity index is 2.14. The van der Waals surface area contributed by atoms with Gasteiger partial charge < -0.3 is 4.74 Å². The normalized spacial score (nSPS) is 10.4. The minimum atomic E-state index is -0.470. The second-order valence-electron chi connectivity index (χ2n) is 4.47. The molecule has 0 heterocycles. The van der Waals surface area contributed by atoms with Gasteiger partial charge in [-0.3, -0.25) is 4.79 Å². The summed E-state index contributed by atoms with van der Waals surface area (Å²) in [5, 5.41) is 1.08. The van der Waals surface area contributed by atoms with Gasteiger partial charge in [0, 0.05) is 10.9 Å². The van der Waals surface area contributed by atoms with E-state index in [-0.39, 0.29) is 5.75 Å². The zero-order valence-corrected chi connectivity index (χ0v) is 12.6. The summed E-state index contributed by atoms with van der Waals surface area (Å²) < 4.78 is 18.8. The molecule has 0 amide bonds. The van der Waals surface area contributed by atoms with Gasteiger partial charge in [-0.1, -0.05) is 41.6 Å². The SMILES string of the molecule is O=Cc1ccc(OCCCCCCCCBr)c(F)c1. The van der Waals surface area contributed by atoms with Crippen LogP contribution in [0.3, 0.4) is 0 Å². The standard InChI is InChI=1S/C15H20BrFO2/c16-9-5-3-1-2-4-6-10-19-15-8-7-13(12-18)11-14(15)17/h7-8,11-12H,1-6,9-10H2. The Kier molecular flexibility index (Phi) is 8.47. The van der Waals surface area contributed by atoms with Gasteiger partial charge in [0.15, 0.2) is 11.6 Å². The highest BCUT2D eigenvalue weighted by Crippen LogP contribution is 2.18. The van der Waals surface area contributed by atoms with Gasteiger partial charge in [-0.15, -0.1) is 0 Å². The van der Waals surface area contributed by atoms with E-state index in [0.29, 0.717) is 18.5 Å². The summed E-state index contributed by atoms with van der Waals surface area (Å²) in [6.07, 6.45) is 7.59. The predicted octanol–water partition coefficient (Wildman–Crippen LogP) is 4.75. The van der Waals surface area contributed by atoms with Crippen LogP contribution in [0.1, 0.15) is 48.9 Å². The number of aldehydes is 1. The first-order valence-electron chi connectivity index (χ1n) is 6.71. The Bertz CT molecular complexity index is 382. The van der Waals surface area contributed by atoms with Crippen LogP contribution in [0.15, 0.2) is 18.2 Å². The number of rotatable bonds is 10. The van der Waals surface area contributed by atoms with Crippen molar-refractivity contribution in [2.45, 2.75) is 38.5 Å². The Hall–Kier alpha value is -0.900. The molecule has 19 heavy (non-hydrogen) atoms. The first-order valence-corrected chi connectivity index (χ1v) is 7.83. The molecular formula is C15H20BrFO2. The fourth-order valence-electron chi connectivity index (χ4n) is 1.79. The van der Waals surface area contributed by atoms with Gasteiger partial charge in [0.2, 0.25) is 0 Å². The summed E-state index contributed by atoms with van der Waals surface area (Å²) >= 11 is 3.41. The van der Waals surface area contributed by atoms with Gasteiger partial charge >= 0.3 is 0 Å². The highest BCUT2D eigenvalue weighted by molar-refractivity contribution is 9.09. The van der Waals surface area contributed by atoms with Gasteiger partial charge in [0.1, 0.15) is 6.29 Å². The summed E-state index contributed by atoms with van der Waals surface area (Å²) in [5.74, 6) is -0.244. The van der Waals surface area contributed by atoms with Crippen LogP contribution in [0, 0.1) is 5.82 Å². The van der Waals surface area contributed by atoms with Crippen LogP contribution < -0.4 is 4.74 Å². The second-order valence-corrected chi connectivity index (χ2v) is 5.26. The summed E-state index contributed by atoms with van der Waals surface area (Å²) in [4.78, 5) is 10.5. The molecule has 0 unspecified atom stereocenters. The number of halogens is 2. The average molecular weight is 331 g/mol. The molecule has 4 heteroatoms. The van der Waals surface area contributed by atoms with Crippen molar-refractivity contribution in [1.29, 1.82) is 0 Å². The van der Waals surface area contributed by atoms with E-state index in [1.807, 2.05) is 0 Å². The lowest BCUT2D eigenvalue weighted by Crippen LogP contribution is -1.99. The number of hydrogen-bond acceptors (Lipinski definition) is 2. The van der Waals surface area contributed by atoms with E-state index in [9.17, 15) is 9.18 Å². The topological polar surface area (TPSA) is 26.3 Å². The number of hydrogen-bond donors (Lipinski definition) is 0. The largest absolute Gasteiger partial charge is 0.491 e. The molecule has 1 rings (SSSR count). The van der Waals surface area contributed by atoms with E-state index in [1.165, 1.54) is 37.8 Å². The molecule has 0 saturated carbocycles. The zero-order chi connectivity index (χ0) is 13.9. The first-order chi connectivity index (χ1) is 9.27. The van der Waals surface area contributed by atoms with Crippen molar-refractivity contribution in [2.24, 2.45) is 0 Å². The molecule has 0 N–H and O–H groups in total. The van der Waals surface area contributed by atoms with Crippen molar-refractivity contribution in [1.82, 2.24) is 0 Å². The molecule has 0 aliphatic heterocycles. The van der Waals surface area contributed by atoms with Crippen LogP contribution in [0.5, 0.6) is 5.75 Å². The highest BCUT2D eigenvalue weighted by Gasteiger charge is 2.04. The summed E-state index contributed by atoms with van der Waals surface area (Å²) in [7, 11) is 0. The maximum Gasteiger partial charge on any atom is 0.165 e. The summed E-state index contributed by atoms with van der Waals surface area (Å²) in [5.41, 5.74) is 0.330. The molecule has 106 valence electrons. The highest BCUT2D eigenvalue weighted by atomic mass is 79.9. The van der Waals surface area contributed by atoms with E-state index in [2.05, 4.69) is 15.9 Å². The number of benzene rings is 1. The number of carbonyl (C=O) groups excluding carboxylic acids is 1. The van der Waals surface area contributed by atoms with Crippen molar-refractivity contribution >= 4 is 22.2 Å². The van der Waals surface area contributed by atoms with Crippen molar-refractivity contribution in [2.75, 3.05) is 11.9 Å². The molecule has 2 nitrogen and oxygen atoms in total.